The van der Waals surface area contributed by atoms with Crippen molar-refractivity contribution in [1.29, 1.82) is 0 Å². The lowest BCUT2D eigenvalue weighted by Gasteiger charge is -2.30. The molecule has 1 atom stereocenters. The fraction of sp³-hybridized carbons (Fsp3) is 1.00. The van der Waals surface area contributed by atoms with E-state index in [1.165, 1.54) is 0 Å². The third-order valence-electron chi connectivity index (χ3n) is 3.25. The summed E-state index contributed by atoms with van der Waals surface area (Å²) in [7, 11) is 0. The summed E-state index contributed by atoms with van der Waals surface area (Å²) in [4.78, 5) is 2.44. The molecule has 0 aliphatic heterocycles. The van der Waals surface area contributed by atoms with Gasteiger partial charge >= 0.3 is 0 Å². The summed E-state index contributed by atoms with van der Waals surface area (Å²) >= 11 is 1.55. The molecule has 0 aliphatic carbocycles. The third kappa shape index (κ3) is 8.71. The molecule has 0 saturated heterocycles. The summed E-state index contributed by atoms with van der Waals surface area (Å²) in [6.45, 7) is 12.2. The maximum Gasteiger partial charge on any atom is 0.257 e. The van der Waals surface area contributed by atoms with Crippen molar-refractivity contribution in [3.05, 3.63) is 0 Å². The first-order valence-corrected chi connectivity index (χ1v) is 11.4. The number of hydrogen-bond acceptors (Lipinski definition) is 4. The zero-order valence-corrected chi connectivity index (χ0v) is 15.9. The molecular weight excluding hydrogens is 289 g/mol. The Hall–Kier alpha value is 0.500. The molecule has 0 aromatic rings. The van der Waals surface area contributed by atoms with Crippen LogP contribution in [0, 0.1) is 0 Å². The van der Waals surface area contributed by atoms with Crippen LogP contribution in [0.15, 0.2) is 0 Å². The van der Waals surface area contributed by atoms with E-state index in [2.05, 4.69) is 46.4 Å². The van der Waals surface area contributed by atoms with E-state index in [1.807, 2.05) is 0 Å². The zero-order chi connectivity index (χ0) is 15.6. The van der Waals surface area contributed by atoms with Crippen molar-refractivity contribution in [3.63, 3.8) is 0 Å². The second kappa shape index (κ2) is 11.1. The number of hydrogen-bond donors (Lipinski definition) is 0. The number of rotatable bonds is 12. The minimum Gasteiger partial charge on any atom is -0.321 e. The first-order valence-electron chi connectivity index (χ1n) is 8.00. The monoisotopic (exact) mass is 323 g/mol. The summed E-state index contributed by atoms with van der Waals surface area (Å²) in [5, 5.41) is 0. The largest absolute Gasteiger partial charge is 0.321 e. The molecule has 0 aromatic heterocycles. The van der Waals surface area contributed by atoms with Crippen molar-refractivity contribution in [3.8, 4) is 0 Å². The molecule has 0 spiro atoms. The molecule has 0 aliphatic rings. The Bertz CT molecular complexity index is 277. The molecular formula is C15H34NO2PS. The molecule has 0 fully saturated rings. The van der Waals surface area contributed by atoms with E-state index in [0.29, 0.717) is 24.9 Å². The molecule has 0 amide bonds. The molecule has 0 saturated carbocycles. The van der Waals surface area contributed by atoms with Crippen LogP contribution in [0.2, 0.25) is 0 Å². The van der Waals surface area contributed by atoms with Crippen LogP contribution < -0.4 is 0 Å². The molecule has 0 aromatic carbocycles. The fourth-order valence-corrected chi connectivity index (χ4v) is 6.51. The highest BCUT2D eigenvalue weighted by Crippen LogP contribution is 2.59. The third-order valence-corrected chi connectivity index (χ3v) is 8.17. The van der Waals surface area contributed by atoms with E-state index in [0.717, 1.165) is 31.6 Å². The van der Waals surface area contributed by atoms with E-state index in [-0.39, 0.29) is 0 Å². The van der Waals surface area contributed by atoms with Crippen molar-refractivity contribution in [2.75, 3.05) is 25.1 Å². The second-order valence-corrected chi connectivity index (χ2v) is 10.8. The van der Waals surface area contributed by atoms with E-state index >= 15 is 0 Å². The zero-order valence-electron chi connectivity index (χ0n) is 14.2. The normalized spacial score (nSPS) is 15.2. The van der Waals surface area contributed by atoms with Crippen LogP contribution in [0.3, 0.4) is 0 Å². The van der Waals surface area contributed by atoms with Crippen molar-refractivity contribution in [2.24, 2.45) is 0 Å². The van der Waals surface area contributed by atoms with Gasteiger partial charge in [-0.05, 0) is 40.5 Å². The predicted octanol–water partition coefficient (Wildman–Crippen LogP) is 5.26. The van der Waals surface area contributed by atoms with Gasteiger partial charge in [0, 0.05) is 30.5 Å². The molecule has 1 unspecified atom stereocenters. The average molecular weight is 323 g/mol. The first kappa shape index (κ1) is 20.5. The van der Waals surface area contributed by atoms with Crippen molar-refractivity contribution in [1.82, 2.24) is 4.90 Å². The Labute approximate surface area is 130 Å². The van der Waals surface area contributed by atoms with Gasteiger partial charge in [-0.2, -0.15) is 0 Å². The Morgan fingerprint density at radius 2 is 1.70 bits per heavy atom. The number of unbranched alkanes of at least 4 members (excludes halogenated alkanes) is 1. The Kier molecular flexibility index (Phi) is 11.4. The minimum atomic E-state index is -2.48. The van der Waals surface area contributed by atoms with Crippen LogP contribution in [-0.2, 0) is 9.09 Å². The maximum absolute atomic E-state index is 12.7. The van der Waals surface area contributed by atoms with Gasteiger partial charge in [0.2, 0.25) is 0 Å². The molecule has 0 bridgehead atoms. The Morgan fingerprint density at radius 1 is 1.10 bits per heavy atom. The van der Waals surface area contributed by atoms with Gasteiger partial charge in [0.25, 0.3) is 6.57 Å². The van der Waals surface area contributed by atoms with Crippen molar-refractivity contribution < 1.29 is 9.09 Å². The maximum atomic E-state index is 12.7. The lowest BCUT2D eigenvalue weighted by Crippen LogP contribution is -2.38. The van der Waals surface area contributed by atoms with Gasteiger partial charge in [0.15, 0.2) is 0 Å². The van der Waals surface area contributed by atoms with E-state index in [9.17, 15) is 4.57 Å². The lowest BCUT2D eigenvalue weighted by atomic mass is 10.2. The van der Waals surface area contributed by atoms with Crippen molar-refractivity contribution >= 4 is 18.0 Å². The van der Waals surface area contributed by atoms with Crippen LogP contribution in [0.5, 0.6) is 0 Å². The highest BCUT2D eigenvalue weighted by atomic mass is 32.7. The topological polar surface area (TPSA) is 29.5 Å². The molecule has 0 N–H and O–H groups in total. The van der Waals surface area contributed by atoms with Gasteiger partial charge in [-0.1, -0.05) is 31.7 Å². The highest BCUT2D eigenvalue weighted by molar-refractivity contribution is 8.56. The van der Waals surface area contributed by atoms with Gasteiger partial charge in [-0.3, -0.25) is 9.46 Å². The average Bonchev–Trinajstić information content (AvgIpc) is 2.34. The highest BCUT2D eigenvalue weighted by Gasteiger charge is 2.23. The molecule has 3 nitrogen and oxygen atoms in total. The van der Waals surface area contributed by atoms with Crippen LogP contribution in [0.1, 0.15) is 60.8 Å². The molecule has 5 heteroatoms. The molecule has 0 heterocycles. The van der Waals surface area contributed by atoms with Gasteiger partial charge in [0.05, 0.1) is 6.61 Å². The van der Waals surface area contributed by atoms with Gasteiger partial charge in [-0.25, -0.2) is 0 Å². The Balaban J connectivity index is 4.28. The van der Waals surface area contributed by atoms with E-state index in [4.69, 9.17) is 4.52 Å². The minimum absolute atomic E-state index is 0.530. The fourth-order valence-electron chi connectivity index (χ4n) is 2.19. The van der Waals surface area contributed by atoms with Crippen LogP contribution in [-0.4, -0.2) is 42.0 Å². The molecule has 20 heavy (non-hydrogen) atoms. The Morgan fingerprint density at radius 3 is 2.15 bits per heavy atom. The summed E-state index contributed by atoms with van der Waals surface area (Å²) in [6.07, 6.45) is 3.71. The lowest BCUT2D eigenvalue weighted by molar-refractivity contribution is 0.187. The molecule has 0 rings (SSSR count). The second-order valence-electron chi connectivity index (χ2n) is 5.78. The van der Waals surface area contributed by atoms with E-state index < -0.39 is 6.57 Å². The van der Waals surface area contributed by atoms with Gasteiger partial charge in [-0.15, -0.1) is 0 Å². The molecule has 0 radical (unpaired) electrons. The summed E-state index contributed by atoms with van der Waals surface area (Å²) in [5.41, 5.74) is 0. The number of nitrogens with zero attached hydrogens (tertiary/aromatic N) is 1. The van der Waals surface area contributed by atoms with Crippen LogP contribution >= 0.6 is 18.0 Å². The first-order chi connectivity index (χ1) is 9.36. The van der Waals surface area contributed by atoms with Crippen molar-refractivity contribution in [2.45, 2.75) is 72.9 Å². The van der Waals surface area contributed by atoms with Gasteiger partial charge < -0.3 is 4.52 Å². The SMILES string of the molecule is CCCCOP(=O)(CCC)SCCN(C(C)C)C(C)C. The smallest absolute Gasteiger partial charge is 0.257 e. The van der Waals surface area contributed by atoms with Crippen LogP contribution in [0.25, 0.3) is 0 Å². The quantitative estimate of drug-likeness (QED) is 0.362. The van der Waals surface area contributed by atoms with Crippen LogP contribution in [0.4, 0.5) is 0 Å². The summed E-state index contributed by atoms with van der Waals surface area (Å²) in [6, 6.07) is 1.06. The summed E-state index contributed by atoms with van der Waals surface area (Å²) in [5.74, 6) is 0.889. The summed E-state index contributed by atoms with van der Waals surface area (Å²) < 4.78 is 18.4. The predicted molar refractivity (Wildman–Crippen MR) is 93.1 cm³/mol. The van der Waals surface area contributed by atoms with E-state index in [1.54, 1.807) is 11.4 Å². The van der Waals surface area contributed by atoms with Gasteiger partial charge in [0.1, 0.15) is 0 Å². The molecule has 122 valence electrons. The standard InChI is InChI=1S/C15H34NO2PS/c1-7-9-11-18-19(17,12-8-2)20-13-10-16(14(3)4)15(5)6/h14-15H,7-13H2,1-6H3.